The Bertz CT molecular complexity index is 1080. The van der Waals surface area contributed by atoms with Gasteiger partial charge >= 0.3 is 5.69 Å². The molecule has 2 amide bonds. The van der Waals surface area contributed by atoms with Gasteiger partial charge in [-0.3, -0.25) is 23.5 Å². The second kappa shape index (κ2) is 11.8. The lowest BCUT2D eigenvalue weighted by atomic mass is 9.95. The third-order valence-electron chi connectivity index (χ3n) is 6.46. The van der Waals surface area contributed by atoms with E-state index in [4.69, 9.17) is 0 Å². The molecule has 0 saturated heterocycles. The summed E-state index contributed by atoms with van der Waals surface area (Å²) in [6.07, 6.45) is 7.94. The van der Waals surface area contributed by atoms with Crippen LogP contribution >= 0.6 is 0 Å². The van der Waals surface area contributed by atoms with E-state index in [-0.39, 0.29) is 42.5 Å². The highest BCUT2D eigenvalue weighted by Crippen LogP contribution is 2.17. The lowest BCUT2D eigenvalue weighted by Crippen LogP contribution is -2.43. The summed E-state index contributed by atoms with van der Waals surface area (Å²) < 4.78 is 2.56. The topological polar surface area (TPSA) is 102 Å². The molecular weight excluding hydrogens is 420 g/mol. The Kier molecular flexibility index (Phi) is 8.86. The van der Waals surface area contributed by atoms with Gasteiger partial charge in [-0.25, -0.2) is 4.79 Å². The van der Waals surface area contributed by atoms with E-state index in [9.17, 15) is 19.2 Å². The first kappa shape index (κ1) is 24.7. The Balaban J connectivity index is 1.69. The van der Waals surface area contributed by atoms with Crippen molar-refractivity contribution >= 4 is 22.7 Å². The number of carbonyl (C=O) groups excluding carboxylic acids is 2. The van der Waals surface area contributed by atoms with Crippen LogP contribution in [0.25, 0.3) is 10.9 Å². The minimum Gasteiger partial charge on any atom is -0.353 e. The van der Waals surface area contributed by atoms with Crippen LogP contribution in [0.1, 0.15) is 71.6 Å². The summed E-state index contributed by atoms with van der Waals surface area (Å²) in [6, 6.07) is 7.15. The van der Waals surface area contributed by atoms with Gasteiger partial charge < -0.3 is 10.6 Å². The van der Waals surface area contributed by atoms with Crippen LogP contribution in [0, 0.1) is 0 Å². The SMILES string of the molecule is CC[C@H](C)NC(=O)Cn1c(=O)n(CCCCC(=O)NC2CCCCC2)c(=O)c2ccccc21. The minimum atomic E-state index is -0.496. The predicted octanol–water partition coefficient (Wildman–Crippen LogP) is 2.70. The fourth-order valence-corrected chi connectivity index (χ4v) is 4.39. The molecule has 2 aromatic rings. The summed E-state index contributed by atoms with van der Waals surface area (Å²) in [7, 11) is 0. The number of benzene rings is 1. The summed E-state index contributed by atoms with van der Waals surface area (Å²) in [6.45, 7) is 3.95. The van der Waals surface area contributed by atoms with Gasteiger partial charge in [-0.2, -0.15) is 0 Å². The van der Waals surface area contributed by atoms with Crippen molar-refractivity contribution in [3.05, 3.63) is 45.1 Å². The first-order chi connectivity index (χ1) is 15.9. The molecule has 1 aliphatic carbocycles. The Labute approximate surface area is 194 Å². The van der Waals surface area contributed by atoms with Crippen LogP contribution in [0.2, 0.25) is 0 Å². The molecule has 1 aromatic carbocycles. The highest BCUT2D eigenvalue weighted by atomic mass is 16.2. The Hall–Kier alpha value is -2.90. The van der Waals surface area contributed by atoms with Crippen molar-refractivity contribution in [2.75, 3.05) is 0 Å². The molecule has 8 nitrogen and oxygen atoms in total. The molecule has 1 saturated carbocycles. The second-order valence-electron chi connectivity index (χ2n) is 9.08. The maximum atomic E-state index is 13.2. The summed E-state index contributed by atoms with van der Waals surface area (Å²) in [5.74, 6) is -0.229. The molecule has 1 atom stereocenters. The van der Waals surface area contributed by atoms with E-state index in [0.29, 0.717) is 30.2 Å². The fourth-order valence-electron chi connectivity index (χ4n) is 4.39. The van der Waals surface area contributed by atoms with Gasteiger partial charge in [0.25, 0.3) is 5.56 Å². The number of hydrogen-bond acceptors (Lipinski definition) is 4. The molecule has 3 rings (SSSR count). The number of nitrogens with one attached hydrogen (secondary N) is 2. The standard InChI is InChI=1S/C25H36N4O4/c1-3-18(2)26-23(31)17-29-21-14-8-7-13-20(21)24(32)28(25(29)33)16-10-9-15-22(30)27-19-11-5-4-6-12-19/h7-8,13-14,18-19H,3-6,9-12,15-17H2,1-2H3,(H,26,31)(H,27,30)/t18-/m0/s1. The average molecular weight is 457 g/mol. The molecule has 33 heavy (non-hydrogen) atoms. The number of aromatic nitrogens is 2. The number of rotatable bonds is 10. The second-order valence-corrected chi connectivity index (χ2v) is 9.08. The van der Waals surface area contributed by atoms with E-state index >= 15 is 0 Å². The lowest BCUT2D eigenvalue weighted by Gasteiger charge is -2.22. The van der Waals surface area contributed by atoms with E-state index in [1.54, 1.807) is 24.3 Å². The Morgan fingerprint density at radius 2 is 1.76 bits per heavy atom. The minimum absolute atomic E-state index is 0.00475. The first-order valence-electron chi connectivity index (χ1n) is 12.2. The van der Waals surface area contributed by atoms with Crippen molar-refractivity contribution in [3.63, 3.8) is 0 Å². The highest BCUT2D eigenvalue weighted by Gasteiger charge is 2.17. The van der Waals surface area contributed by atoms with Gasteiger partial charge in [0.05, 0.1) is 10.9 Å². The number of carbonyl (C=O) groups is 2. The number of fused-ring (bicyclic) bond motifs is 1. The van der Waals surface area contributed by atoms with Gasteiger partial charge in [0.2, 0.25) is 11.8 Å². The Morgan fingerprint density at radius 3 is 2.48 bits per heavy atom. The van der Waals surface area contributed by atoms with Gasteiger partial charge in [0, 0.05) is 25.0 Å². The van der Waals surface area contributed by atoms with Crippen LogP contribution in [-0.4, -0.2) is 33.0 Å². The molecule has 0 radical (unpaired) electrons. The van der Waals surface area contributed by atoms with Crippen molar-refractivity contribution in [1.29, 1.82) is 0 Å². The molecule has 1 aromatic heterocycles. The Morgan fingerprint density at radius 1 is 1.03 bits per heavy atom. The van der Waals surface area contributed by atoms with Gasteiger partial charge in [0.1, 0.15) is 6.54 Å². The van der Waals surface area contributed by atoms with Gasteiger partial charge in [0.15, 0.2) is 0 Å². The normalized spacial score (nSPS) is 15.3. The zero-order valence-corrected chi connectivity index (χ0v) is 19.8. The largest absolute Gasteiger partial charge is 0.353 e. The third-order valence-corrected chi connectivity index (χ3v) is 6.46. The number of amides is 2. The zero-order chi connectivity index (χ0) is 23.8. The molecule has 2 N–H and O–H groups in total. The number of para-hydroxylation sites is 1. The maximum absolute atomic E-state index is 13.2. The molecule has 8 heteroatoms. The highest BCUT2D eigenvalue weighted by molar-refractivity contribution is 5.81. The van der Waals surface area contributed by atoms with E-state index in [1.807, 2.05) is 13.8 Å². The molecule has 0 bridgehead atoms. The lowest BCUT2D eigenvalue weighted by molar-refractivity contribution is -0.123. The van der Waals surface area contributed by atoms with Crippen LogP contribution in [-0.2, 0) is 22.7 Å². The van der Waals surface area contributed by atoms with Crippen molar-refractivity contribution in [3.8, 4) is 0 Å². The molecule has 0 spiro atoms. The van der Waals surface area contributed by atoms with Crippen molar-refractivity contribution in [2.45, 2.75) is 96.8 Å². The van der Waals surface area contributed by atoms with E-state index in [2.05, 4.69) is 10.6 Å². The number of nitrogens with zero attached hydrogens (tertiary/aromatic N) is 2. The zero-order valence-electron chi connectivity index (χ0n) is 19.8. The average Bonchev–Trinajstić information content (AvgIpc) is 2.81. The number of unbranched alkanes of at least 4 members (excludes halogenated alkanes) is 1. The molecule has 0 unspecified atom stereocenters. The van der Waals surface area contributed by atoms with Crippen LogP contribution < -0.4 is 21.9 Å². The fraction of sp³-hybridized carbons (Fsp3) is 0.600. The smallest absolute Gasteiger partial charge is 0.331 e. The van der Waals surface area contributed by atoms with E-state index in [0.717, 1.165) is 32.1 Å². The molecular formula is C25H36N4O4. The summed E-state index contributed by atoms with van der Waals surface area (Å²) >= 11 is 0. The molecule has 1 fully saturated rings. The third kappa shape index (κ3) is 6.55. The summed E-state index contributed by atoms with van der Waals surface area (Å²) in [5.41, 5.74) is -0.402. The van der Waals surface area contributed by atoms with Gasteiger partial charge in [-0.05, 0) is 51.2 Å². The predicted molar refractivity (Wildman–Crippen MR) is 129 cm³/mol. The summed E-state index contributed by atoms with van der Waals surface area (Å²) in [4.78, 5) is 50.8. The summed E-state index contributed by atoms with van der Waals surface area (Å²) in [5, 5.41) is 6.38. The van der Waals surface area contributed by atoms with Crippen LogP contribution in [0.3, 0.4) is 0 Å². The quantitative estimate of drug-likeness (QED) is 0.537. The van der Waals surface area contributed by atoms with Gasteiger partial charge in [-0.1, -0.05) is 38.3 Å². The molecule has 1 heterocycles. The van der Waals surface area contributed by atoms with E-state index in [1.165, 1.54) is 15.6 Å². The maximum Gasteiger partial charge on any atom is 0.331 e. The van der Waals surface area contributed by atoms with Gasteiger partial charge in [-0.15, -0.1) is 0 Å². The molecule has 180 valence electrons. The number of hydrogen-bond donors (Lipinski definition) is 2. The van der Waals surface area contributed by atoms with Crippen LogP contribution in [0.5, 0.6) is 0 Å². The van der Waals surface area contributed by atoms with Crippen LogP contribution in [0.15, 0.2) is 33.9 Å². The van der Waals surface area contributed by atoms with Crippen molar-refractivity contribution in [1.82, 2.24) is 19.8 Å². The van der Waals surface area contributed by atoms with Crippen molar-refractivity contribution < 1.29 is 9.59 Å². The molecule has 0 aliphatic heterocycles. The van der Waals surface area contributed by atoms with Crippen LogP contribution in [0.4, 0.5) is 0 Å². The first-order valence-corrected chi connectivity index (χ1v) is 12.2. The van der Waals surface area contributed by atoms with E-state index < -0.39 is 5.69 Å². The molecule has 1 aliphatic rings. The van der Waals surface area contributed by atoms with Crippen molar-refractivity contribution in [2.24, 2.45) is 0 Å². The monoisotopic (exact) mass is 456 g/mol.